The first-order valence-electron chi connectivity index (χ1n) is 6.80. The quantitative estimate of drug-likeness (QED) is 0.247. The van der Waals surface area contributed by atoms with E-state index < -0.39 is 40.5 Å². The highest BCUT2D eigenvalue weighted by molar-refractivity contribution is 5.98. The lowest BCUT2D eigenvalue weighted by molar-refractivity contribution is 0.0727. The lowest BCUT2D eigenvalue weighted by Gasteiger charge is -2.10. The molecule has 0 fully saturated rings. The second kappa shape index (κ2) is 6.37. The van der Waals surface area contributed by atoms with Crippen molar-refractivity contribution < 1.29 is 39.9 Å². The van der Waals surface area contributed by atoms with Gasteiger partial charge in [-0.2, -0.15) is 0 Å². The number of hydrogen-bond acceptors (Lipinski definition) is 8. The maximum absolute atomic E-state index is 12.0. The minimum Gasteiger partial charge on any atom is -0.504 e. The predicted octanol–water partition coefficient (Wildman–Crippen LogP) is 2.03. The van der Waals surface area contributed by atoms with Crippen molar-refractivity contribution >= 4 is 11.8 Å². The van der Waals surface area contributed by atoms with Crippen LogP contribution in [0.2, 0.25) is 0 Å². The highest BCUT2D eigenvalue weighted by atomic mass is 16.5. The van der Waals surface area contributed by atoms with Crippen molar-refractivity contribution in [2.24, 2.45) is 0 Å². The van der Waals surface area contributed by atoms with Crippen molar-refractivity contribution in [3.63, 3.8) is 0 Å². The fourth-order valence-electron chi connectivity index (χ4n) is 1.92. The number of rotatable bonds is 4. The summed E-state index contributed by atoms with van der Waals surface area (Å²) in [4.78, 5) is 23.7. The summed E-state index contributed by atoms with van der Waals surface area (Å²) in [6, 6.07) is 3.81. The molecular weight excluding hydrogens is 320 g/mol. The number of phenols is 5. The van der Waals surface area contributed by atoms with Gasteiger partial charge >= 0.3 is 5.97 Å². The number of ketones is 1. The van der Waals surface area contributed by atoms with Gasteiger partial charge in [-0.25, -0.2) is 4.79 Å². The first kappa shape index (κ1) is 16.9. The van der Waals surface area contributed by atoms with Crippen LogP contribution in [0, 0.1) is 0 Å². The van der Waals surface area contributed by atoms with Crippen LogP contribution < -0.4 is 4.74 Å². The lowest BCUT2D eigenvalue weighted by Crippen LogP contribution is -2.09. The normalized spacial score (nSPS) is 10.4. The van der Waals surface area contributed by atoms with Crippen LogP contribution in [-0.4, -0.2) is 37.3 Å². The third-order valence-electron chi connectivity index (χ3n) is 3.21. The number of Topliss-reactive ketones (excluding diaryl/α,β-unsaturated/α-hetero) is 1. The maximum atomic E-state index is 12.0. The minimum absolute atomic E-state index is 0.0343. The summed E-state index contributed by atoms with van der Waals surface area (Å²) in [6.45, 7) is 1.60. The number of hydrogen-bond donors (Lipinski definition) is 5. The number of carbonyl (C=O) groups excluding carboxylic acids is 2. The molecule has 0 saturated carbocycles. The van der Waals surface area contributed by atoms with Gasteiger partial charge < -0.3 is 30.3 Å². The third kappa shape index (κ3) is 3.17. The molecule has 0 radical (unpaired) electrons. The number of ether oxygens (including phenoxy) is 1. The summed E-state index contributed by atoms with van der Waals surface area (Å²) < 4.78 is 4.89. The summed E-state index contributed by atoms with van der Waals surface area (Å²) in [6.07, 6.45) is 0.136. The Balaban J connectivity index is 2.38. The smallest absolute Gasteiger partial charge is 0.343 e. The van der Waals surface area contributed by atoms with Crippen LogP contribution in [0.15, 0.2) is 24.3 Å². The molecule has 0 aliphatic carbocycles. The Morgan fingerprint density at radius 3 is 1.88 bits per heavy atom. The van der Waals surface area contributed by atoms with E-state index in [1.54, 1.807) is 6.92 Å². The molecule has 24 heavy (non-hydrogen) atoms. The van der Waals surface area contributed by atoms with Gasteiger partial charge in [0, 0.05) is 12.0 Å². The minimum atomic E-state index is -1.10. The Morgan fingerprint density at radius 1 is 0.833 bits per heavy atom. The third-order valence-corrected chi connectivity index (χ3v) is 3.21. The van der Waals surface area contributed by atoms with E-state index in [9.17, 15) is 35.1 Å². The van der Waals surface area contributed by atoms with Gasteiger partial charge in [-0.05, 0) is 24.3 Å². The van der Waals surface area contributed by atoms with Gasteiger partial charge in [-0.15, -0.1) is 0 Å². The first-order valence-corrected chi connectivity index (χ1v) is 6.80. The largest absolute Gasteiger partial charge is 0.504 e. The fourth-order valence-corrected chi connectivity index (χ4v) is 1.92. The first-order chi connectivity index (χ1) is 11.2. The van der Waals surface area contributed by atoms with E-state index in [1.165, 1.54) is 0 Å². The van der Waals surface area contributed by atoms with Gasteiger partial charge in [0.25, 0.3) is 0 Å². The molecule has 0 heterocycles. The van der Waals surface area contributed by atoms with Crippen molar-refractivity contribution in [1.29, 1.82) is 0 Å². The van der Waals surface area contributed by atoms with E-state index in [2.05, 4.69) is 0 Å². The second-order valence-electron chi connectivity index (χ2n) is 4.87. The molecule has 0 spiro atoms. The SMILES string of the molecule is CCC(=O)c1cc(O)c(O)c(OC(=O)c2cc(O)c(O)c(O)c2)c1. The molecule has 0 aromatic heterocycles. The molecule has 0 amide bonds. The van der Waals surface area contributed by atoms with Gasteiger partial charge in [0.15, 0.2) is 34.5 Å². The monoisotopic (exact) mass is 334 g/mol. The summed E-state index contributed by atoms with van der Waals surface area (Å²) >= 11 is 0. The number of phenolic OH excluding ortho intramolecular Hbond substituents is 5. The summed E-state index contributed by atoms with van der Waals surface area (Å²) in [5.41, 5.74) is -0.291. The Labute approximate surface area is 135 Å². The molecule has 0 aliphatic heterocycles. The van der Waals surface area contributed by atoms with Crippen molar-refractivity contribution in [2.75, 3.05) is 0 Å². The van der Waals surface area contributed by atoms with E-state index in [-0.39, 0.29) is 23.3 Å². The Hall–Kier alpha value is -3.42. The number of benzene rings is 2. The van der Waals surface area contributed by atoms with E-state index >= 15 is 0 Å². The lowest BCUT2D eigenvalue weighted by atomic mass is 10.1. The van der Waals surface area contributed by atoms with Crippen LogP contribution in [0.25, 0.3) is 0 Å². The van der Waals surface area contributed by atoms with Crippen molar-refractivity contribution in [2.45, 2.75) is 13.3 Å². The molecule has 0 atom stereocenters. The molecule has 8 heteroatoms. The van der Waals surface area contributed by atoms with Crippen molar-refractivity contribution in [1.82, 2.24) is 0 Å². The molecule has 2 rings (SSSR count). The molecule has 0 unspecified atom stereocenters. The molecule has 0 bridgehead atoms. The number of esters is 1. The molecule has 2 aromatic carbocycles. The molecule has 5 N–H and O–H groups in total. The van der Waals surface area contributed by atoms with E-state index in [0.717, 1.165) is 24.3 Å². The van der Waals surface area contributed by atoms with Gasteiger partial charge in [-0.3, -0.25) is 4.79 Å². The van der Waals surface area contributed by atoms with Gasteiger partial charge in [0.2, 0.25) is 5.75 Å². The van der Waals surface area contributed by atoms with Crippen LogP contribution in [0.5, 0.6) is 34.5 Å². The number of carbonyl (C=O) groups is 2. The van der Waals surface area contributed by atoms with Crippen LogP contribution in [-0.2, 0) is 0 Å². The second-order valence-corrected chi connectivity index (χ2v) is 4.87. The van der Waals surface area contributed by atoms with Crippen molar-refractivity contribution in [3.8, 4) is 34.5 Å². The van der Waals surface area contributed by atoms with E-state index in [0.29, 0.717) is 0 Å². The summed E-state index contributed by atoms with van der Waals surface area (Å²) in [5, 5.41) is 47.4. The van der Waals surface area contributed by atoms with Gasteiger partial charge in [0.1, 0.15) is 0 Å². The predicted molar refractivity (Wildman–Crippen MR) is 80.8 cm³/mol. The van der Waals surface area contributed by atoms with Gasteiger partial charge in [-0.1, -0.05) is 6.92 Å². The molecule has 2 aromatic rings. The van der Waals surface area contributed by atoms with Crippen LogP contribution in [0.1, 0.15) is 34.1 Å². The zero-order chi connectivity index (χ0) is 18.0. The Kier molecular flexibility index (Phi) is 4.50. The highest BCUT2D eigenvalue weighted by Gasteiger charge is 2.20. The average Bonchev–Trinajstić information content (AvgIpc) is 2.55. The topological polar surface area (TPSA) is 145 Å². The molecule has 0 saturated heterocycles. The van der Waals surface area contributed by atoms with Crippen LogP contribution in [0.4, 0.5) is 0 Å². The number of aromatic hydroxyl groups is 5. The Morgan fingerprint density at radius 2 is 1.33 bits per heavy atom. The fraction of sp³-hybridized carbons (Fsp3) is 0.125. The zero-order valence-electron chi connectivity index (χ0n) is 12.5. The molecule has 0 aliphatic rings. The van der Waals surface area contributed by atoms with E-state index in [1.807, 2.05) is 0 Å². The zero-order valence-corrected chi connectivity index (χ0v) is 12.5. The average molecular weight is 334 g/mol. The summed E-state index contributed by atoms with van der Waals surface area (Å²) in [7, 11) is 0. The highest BCUT2D eigenvalue weighted by Crippen LogP contribution is 2.39. The van der Waals surface area contributed by atoms with E-state index in [4.69, 9.17) is 4.74 Å². The van der Waals surface area contributed by atoms with Crippen LogP contribution >= 0.6 is 0 Å². The van der Waals surface area contributed by atoms with Gasteiger partial charge in [0.05, 0.1) is 5.56 Å². The maximum Gasteiger partial charge on any atom is 0.343 e. The molecular formula is C16H14O8. The summed E-state index contributed by atoms with van der Waals surface area (Å²) in [5.74, 6) is -5.60. The standard InChI is InChI=1S/C16H14O8/c1-2-9(17)7-3-12(20)15(22)13(6-7)24-16(23)8-4-10(18)14(21)11(19)5-8/h3-6,18-22H,2H2,1H3. The van der Waals surface area contributed by atoms with Crippen molar-refractivity contribution in [3.05, 3.63) is 35.4 Å². The molecule has 126 valence electrons. The Bertz CT molecular complexity index is 802. The molecule has 8 nitrogen and oxygen atoms in total. The van der Waals surface area contributed by atoms with Crippen LogP contribution in [0.3, 0.4) is 0 Å².